The Morgan fingerprint density at radius 2 is 2.00 bits per heavy atom. The molecule has 2 aromatic rings. The third-order valence-electron chi connectivity index (χ3n) is 3.18. The summed E-state index contributed by atoms with van der Waals surface area (Å²) in [6.45, 7) is 1.84. The predicted molar refractivity (Wildman–Crippen MR) is 68.0 cm³/mol. The van der Waals surface area contributed by atoms with Crippen LogP contribution in [-0.4, -0.2) is 14.9 Å². The third-order valence-corrected chi connectivity index (χ3v) is 3.18. The molecule has 0 aliphatic carbocycles. The van der Waals surface area contributed by atoms with E-state index in [4.69, 9.17) is 0 Å². The van der Waals surface area contributed by atoms with Crippen molar-refractivity contribution >= 4 is 0 Å². The number of aliphatic hydroxyl groups excluding tert-OH is 1. The first kappa shape index (κ1) is 15.5. The van der Waals surface area contributed by atoms with Crippen LogP contribution in [0.1, 0.15) is 35.4 Å². The number of aromatic nitrogens is 2. The van der Waals surface area contributed by atoms with Crippen molar-refractivity contribution in [3.63, 3.8) is 0 Å². The highest BCUT2D eigenvalue weighted by Gasteiger charge is 2.34. The Bertz CT molecular complexity index is 649. The molecule has 2 rings (SSSR count). The Morgan fingerprint density at radius 3 is 2.52 bits per heavy atom. The Balaban J connectivity index is 2.40. The number of aryl methyl sites for hydroxylation is 2. The van der Waals surface area contributed by atoms with Crippen molar-refractivity contribution in [2.24, 2.45) is 7.05 Å². The molecule has 7 heteroatoms. The van der Waals surface area contributed by atoms with Crippen molar-refractivity contribution in [2.75, 3.05) is 0 Å². The van der Waals surface area contributed by atoms with Gasteiger partial charge in [-0.3, -0.25) is 4.68 Å². The molecule has 0 aliphatic heterocycles. The van der Waals surface area contributed by atoms with Crippen LogP contribution in [0.5, 0.6) is 0 Å². The lowest BCUT2D eigenvalue weighted by Gasteiger charge is -2.13. The highest BCUT2D eigenvalue weighted by molar-refractivity contribution is 5.34. The molecule has 0 saturated heterocycles. The summed E-state index contributed by atoms with van der Waals surface area (Å²) in [4.78, 5) is 0. The van der Waals surface area contributed by atoms with Crippen LogP contribution in [0.15, 0.2) is 24.4 Å². The van der Waals surface area contributed by atoms with E-state index in [1.807, 2.05) is 6.92 Å². The van der Waals surface area contributed by atoms with E-state index in [2.05, 4.69) is 5.10 Å². The van der Waals surface area contributed by atoms with Crippen LogP contribution >= 0.6 is 0 Å². The Kier molecular flexibility index (Phi) is 4.04. The van der Waals surface area contributed by atoms with Crippen LogP contribution in [0.2, 0.25) is 0 Å². The third kappa shape index (κ3) is 3.07. The van der Waals surface area contributed by atoms with Crippen LogP contribution < -0.4 is 0 Å². The van der Waals surface area contributed by atoms with Gasteiger partial charge in [0, 0.05) is 18.8 Å². The lowest BCUT2D eigenvalue weighted by atomic mass is 9.99. The van der Waals surface area contributed by atoms with E-state index < -0.39 is 23.7 Å². The summed E-state index contributed by atoms with van der Waals surface area (Å²) in [6, 6.07) is 2.42. The number of hydrogen-bond donors (Lipinski definition) is 1. The van der Waals surface area contributed by atoms with Crippen molar-refractivity contribution in [3.05, 3.63) is 52.6 Å². The molecule has 114 valence electrons. The zero-order chi connectivity index (χ0) is 15.8. The smallest absolute Gasteiger partial charge is 0.384 e. The Morgan fingerprint density at radius 1 is 1.33 bits per heavy atom. The second kappa shape index (κ2) is 5.48. The lowest BCUT2D eigenvalue weighted by Crippen LogP contribution is -2.10. The van der Waals surface area contributed by atoms with Gasteiger partial charge in [-0.1, -0.05) is 13.0 Å². The molecule has 3 nitrogen and oxygen atoms in total. The summed E-state index contributed by atoms with van der Waals surface area (Å²) < 4.78 is 52.6. The molecule has 1 atom stereocenters. The molecular weight excluding hydrogens is 288 g/mol. The average molecular weight is 302 g/mol. The molecule has 0 amide bonds. The van der Waals surface area contributed by atoms with E-state index in [0.29, 0.717) is 29.8 Å². The molecule has 0 fully saturated rings. The molecule has 0 saturated carbocycles. The summed E-state index contributed by atoms with van der Waals surface area (Å²) in [5.41, 5.74) is -0.215. The molecule has 1 N–H and O–H groups in total. The predicted octanol–water partition coefficient (Wildman–Crippen LogP) is 3.22. The molecule has 0 radical (unpaired) electrons. The standard InChI is InChI=1S/C14H14F4N2O/c1-3-12-9(7-20(2)19-12)13(21)8-4-5-10(11(15)6-8)14(16,17)18/h4-7,13,21H,3H2,1-2H3. The van der Waals surface area contributed by atoms with Gasteiger partial charge in [-0.2, -0.15) is 18.3 Å². The van der Waals surface area contributed by atoms with Crippen molar-refractivity contribution < 1.29 is 22.7 Å². The maximum absolute atomic E-state index is 13.6. The summed E-state index contributed by atoms with van der Waals surface area (Å²) in [5, 5.41) is 14.4. The number of aliphatic hydroxyl groups is 1. The summed E-state index contributed by atoms with van der Waals surface area (Å²) in [6.07, 6.45) is -3.85. The quantitative estimate of drug-likeness (QED) is 0.884. The van der Waals surface area contributed by atoms with E-state index in [9.17, 15) is 22.7 Å². The van der Waals surface area contributed by atoms with Crippen molar-refractivity contribution in [1.82, 2.24) is 9.78 Å². The Hall–Kier alpha value is -1.89. The van der Waals surface area contributed by atoms with Crippen LogP contribution in [0.4, 0.5) is 17.6 Å². The van der Waals surface area contributed by atoms with Gasteiger partial charge in [0.15, 0.2) is 0 Å². The summed E-state index contributed by atoms with van der Waals surface area (Å²) in [7, 11) is 1.67. The van der Waals surface area contributed by atoms with E-state index in [1.165, 1.54) is 4.68 Å². The van der Waals surface area contributed by atoms with E-state index in [0.717, 1.165) is 6.07 Å². The van der Waals surface area contributed by atoms with Gasteiger partial charge in [-0.25, -0.2) is 4.39 Å². The number of benzene rings is 1. The molecule has 0 aliphatic rings. The minimum atomic E-state index is -4.75. The van der Waals surface area contributed by atoms with Crippen molar-refractivity contribution in [1.29, 1.82) is 0 Å². The lowest BCUT2D eigenvalue weighted by molar-refractivity contribution is -0.140. The first-order valence-electron chi connectivity index (χ1n) is 6.31. The fraction of sp³-hybridized carbons (Fsp3) is 0.357. The van der Waals surface area contributed by atoms with Gasteiger partial charge >= 0.3 is 6.18 Å². The molecule has 1 heterocycles. The van der Waals surface area contributed by atoms with Crippen LogP contribution in [0, 0.1) is 5.82 Å². The summed E-state index contributed by atoms with van der Waals surface area (Å²) in [5.74, 6) is -1.40. The van der Waals surface area contributed by atoms with Gasteiger partial charge in [-0.05, 0) is 24.1 Å². The largest absolute Gasteiger partial charge is 0.419 e. The van der Waals surface area contributed by atoms with Crippen LogP contribution in [0.25, 0.3) is 0 Å². The normalized spacial score (nSPS) is 13.5. The minimum absolute atomic E-state index is 0.0585. The highest BCUT2D eigenvalue weighted by atomic mass is 19.4. The molecule has 1 aromatic carbocycles. The second-order valence-electron chi connectivity index (χ2n) is 4.70. The average Bonchev–Trinajstić information content (AvgIpc) is 2.77. The van der Waals surface area contributed by atoms with Gasteiger partial charge in [0.25, 0.3) is 0 Å². The molecule has 1 unspecified atom stereocenters. The van der Waals surface area contributed by atoms with Crippen LogP contribution in [0.3, 0.4) is 0 Å². The maximum atomic E-state index is 13.6. The second-order valence-corrected chi connectivity index (χ2v) is 4.70. The van der Waals surface area contributed by atoms with Crippen LogP contribution in [-0.2, 0) is 19.6 Å². The zero-order valence-electron chi connectivity index (χ0n) is 11.4. The molecular formula is C14H14F4N2O. The fourth-order valence-electron chi connectivity index (χ4n) is 2.17. The van der Waals surface area contributed by atoms with Gasteiger partial charge < -0.3 is 5.11 Å². The van der Waals surface area contributed by atoms with E-state index in [1.54, 1.807) is 13.2 Å². The number of hydrogen-bond acceptors (Lipinski definition) is 2. The van der Waals surface area contributed by atoms with Gasteiger partial charge in [0.2, 0.25) is 0 Å². The van der Waals surface area contributed by atoms with Gasteiger partial charge in [0.1, 0.15) is 11.9 Å². The van der Waals surface area contributed by atoms with Crippen molar-refractivity contribution in [2.45, 2.75) is 25.6 Å². The SMILES string of the molecule is CCc1nn(C)cc1C(O)c1ccc(C(F)(F)F)c(F)c1. The monoisotopic (exact) mass is 302 g/mol. The molecule has 0 bridgehead atoms. The topological polar surface area (TPSA) is 38.0 Å². The minimum Gasteiger partial charge on any atom is -0.384 e. The highest BCUT2D eigenvalue weighted by Crippen LogP contribution is 2.33. The number of halogens is 4. The van der Waals surface area contributed by atoms with E-state index >= 15 is 0 Å². The molecule has 0 spiro atoms. The van der Waals surface area contributed by atoms with Gasteiger partial charge in [-0.15, -0.1) is 0 Å². The van der Waals surface area contributed by atoms with Crippen molar-refractivity contribution in [3.8, 4) is 0 Å². The number of rotatable bonds is 3. The van der Waals surface area contributed by atoms with E-state index in [-0.39, 0.29) is 5.56 Å². The fourth-order valence-corrected chi connectivity index (χ4v) is 2.17. The molecule has 21 heavy (non-hydrogen) atoms. The summed E-state index contributed by atoms with van der Waals surface area (Å²) >= 11 is 0. The first-order valence-corrected chi connectivity index (χ1v) is 6.31. The maximum Gasteiger partial charge on any atom is 0.419 e. The Labute approximate surface area is 118 Å². The number of alkyl halides is 3. The molecule has 1 aromatic heterocycles. The zero-order valence-corrected chi connectivity index (χ0v) is 11.4. The van der Waals surface area contributed by atoms with Gasteiger partial charge in [0.05, 0.1) is 11.3 Å². The number of nitrogens with zero attached hydrogens (tertiary/aromatic N) is 2. The first-order chi connectivity index (χ1) is 9.74.